The maximum atomic E-state index is 13.8. The van der Waals surface area contributed by atoms with E-state index < -0.39 is 11.6 Å². The predicted molar refractivity (Wildman–Crippen MR) is 96.4 cm³/mol. The normalized spacial score (nSPS) is 10.4. The molecule has 1 aromatic heterocycles. The van der Waals surface area contributed by atoms with E-state index in [0.717, 1.165) is 23.4 Å². The van der Waals surface area contributed by atoms with Gasteiger partial charge >= 0.3 is 0 Å². The molecule has 8 heteroatoms. The summed E-state index contributed by atoms with van der Waals surface area (Å²) in [4.78, 5) is 8.11. The predicted octanol–water partition coefficient (Wildman–Crippen LogP) is 3.70. The summed E-state index contributed by atoms with van der Waals surface area (Å²) in [6.45, 7) is 0.482. The van der Waals surface area contributed by atoms with Crippen LogP contribution in [0.3, 0.4) is 0 Å². The lowest BCUT2D eigenvalue weighted by molar-refractivity contribution is 0.414. The fourth-order valence-electron chi connectivity index (χ4n) is 2.28. The Morgan fingerprint density at radius 1 is 1.04 bits per heavy atom. The van der Waals surface area contributed by atoms with Crippen LogP contribution in [0.5, 0.6) is 5.75 Å². The number of ether oxygens (including phenoxy) is 1. The van der Waals surface area contributed by atoms with Gasteiger partial charge in [0.25, 0.3) is 0 Å². The molecule has 1 heterocycles. The number of nitrogens with two attached hydrogens (primary N) is 1. The van der Waals surface area contributed by atoms with Crippen molar-refractivity contribution in [1.29, 1.82) is 0 Å². The molecule has 6 nitrogen and oxygen atoms in total. The molecule has 0 atom stereocenters. The fraction of sp³-hybridized carbons (Fsp3) is 0.111. The summed E-state index contributed by atoms with van der Waals surface area (Å²) in [5.41, 5.74) is 7.35. The number of halogens is 2. The Morgan fingerprint density at radius 3 is 2.46 bits per heavy atom. The molecule has 3 aromatic rings. The second-order valence-corrected chi connectivity index (χ2v) is 5.44. The third-order valence-corrected chi connectivity index (χ3v) is 3.69. The molecule has 2 aromatic carbocycles. The summed E-state index contributed by atoms with van der Waals surface area (Å²) < 4.78 is 31.9. The Labute approximate surface area is 149 Å². The maximum Gasteiger partial charge on any atom is 0.159 e. The molecule has 0 bridgehead atoms. The van der Waals surface area contributed by atoms with Crippen molar-refractivity contribution in [3.63, 3.8) is 0 Å². The van der Waals surface area contributed by atoms with Crippen molar-refractivity contribution < 1.29 is 13.5 Å². The standard InChI is InChI=1S/C18H17F2N5O/c1-26-13-5-2-11(3-6-13)9-22-17-16(21)18(24-10-23-17)25-15-7-4-12(19)8-14(15)20/h2-8,10H,9,21H2,1H3,(H2,22,23,24,25). The number of methoxy groups -OCH3 is 1. The van der Waals surface area contributed by atoms with Gasteiger partial charge in [-0.25, -0.2) is 18.7 Å². The van der Waals surface area contributed by atoms with E-state index in [-0.39, 0.29) is 17.2 Å². The quantitative estimate of drug-likeness (QED) is 0.624. The van der Waals surface area contributed by atoms with Gasteiger partial charge in [0, 0.05) is 12.6 Å². The molecule has 0 fully saturated rings. The minimum atomic E-state index is -0.740. The minimum absolute atomic E-state index is 0.0675. The highest BCUT2D eigenvalue weighted by Crippen LogP contribution is 2.27. The number of rotatable bonds is 6. The molecule has 0 saturated carbocycles. The van der Waals surface area contributed by atoms with Crippen molar-refractivity contribution in [3.05, 3.63) is 66.0 Å². The van der Waals surface area contributed by atoms with Crippen LogP contribution in [-0.4, -0.2) is 17.1 Å². The molecule has 0 spiro atoms. The molecule has 134 valence electrons. The summed E-state index contributed by atoms with van der Waals surface area (Å²) in [7, 11) is 1.60. The Bertz CT molecular complexity index is 903. The molecule has 4 N–H and O–H groups in total. The average molecular weight is 357 g/mol. The number of benzene rings is 2. The number of hydrogen-bond acceptors (Lipinski definition) is 6. The zero-order chi connectivity index (χ0) is 18.5. The van der Waals surface area contributed by atoms with E-state index in [9.17, 15) is 8.78 Å². The first-order valence-corrected chi connectivity index (χ1v) is 7.76. The van der Waals surface area contributed by atoms with Crippen molar-refractivity contribution in [1.82, 2.24) is 9.97 Å². The van der Waals surface area contributed by atoms with Crippen molar-refractivity contribution in [2.45, 2.75) is 6.54 Å². The molecule has 0 unspecified atom stereocenters. The van der Waals surface area contributed by atoms with Crippen molar-refractivity contribution in [3.8, 4) is 5.75 Å². The zero-order valence-electron chi connectivity index (χ0n) is 14.0. The zero-order valence-corrected chi connectivity index (χ0v) is 14.0. The van der Waals surface area contributed by atoms with E-state index in [1.807, 2.05) is 24.3 Å². The number of aromatic nitrogens is 2. The van der Waals surface area contributed by atoms with Gasteiger partial charge in [-0.2, -0.15) is 0 Å². The second-order valence-electron chi connectivity index (χ2n) is 5.44. The van der Waals surface area contributed by atoms with Gasteiger partial charge in [0.05, 0.1) is 12.8 Å². The van der Waals surface area contributed by atoms with Crippen molar-refractivity contribution >= 4 is 23.0 Å². The van der Waals surface area contributed by atoms with Crippen LogP contribution >= 0.6 is 0 Å². The molecular weight excluding hydrogens is 340 g/mol. The fourth-order valence-corrected chi connectivity index (χ4v) is 2.28. The molecule has 3 rings (SSSR count). The SMILES string of the molecule is COc1ccc(CNc2ncnc(Nc3ccc(F)cc3F)c2N)cc1. The topological polar surface area (TPSA) is 85.1 Å². The van der Waals surface area contributed by atoms with E-state index >= 15 is 0 Å². The molecule has 0 saturated heterocycles. The second kappa shape index (κ2) is 7.64. The first-order valence-electron chi connectivity index (χ1n) is 7.76. The van der Waals surface area contributed by atoms with Crippen LogP contribution in [0.15, 0.2) is 48.8 Å². The Kier molecular flexibility index (Phi) is 5.12. The number of hydrogen-bond donors (Lipinski definition) is 3. The van der Waals surface area contributed by atoms with E-state index in [2.05, 4.69) is 20.6 Å². The van der Waals surface area contributed by atoms with Crippen LogP contribution in [0.25, 0.3) is 0 Å². The average Bonchev–Trinajstić information content (AvgIpc) is 2.65. The first kappa shape index (κ1) is 17.4. The summed E-state index contributed by atoms with van der Waals surface area (Å²) in [5, 5.41) is 5.85. The van der Waals surface area contributed by atoms with Crippen LogP contribution in [-0.2, 0) is 6.54 Å². The lowest BCUT2D eigenvalue weighted by atomic mass is 10.2. The number of anilines is 4. The van der Waals surface area contributed by atoms with Crippen molar-refractivity contribution in [2.75, 3.05) is 23.5 Å². The summed E-state index contributed by atoms with van der Waals surface area (Å²) >= 11 is 0. The number of nitrogens with zero attached hydrogens (tertiary/aromatic N) is 2. The van der Waals surface area contributed by atoms with Crippen molar-refractivity contribution in [2.24, 2.45) is 0 Å². The monoisotopic (exact) mass is 357 g/mol. The van der Waals surface area contributed by atoms with E-state index in [1.165, 1.54) is 12.4 Å². The first-order chi connectivity index (χ1) is 12.6. The Hall–Kier alpha value is -3.42. The van der Waals surface area contributed by atoms with E-state index in [4.69, 9.17) is 10.5 Å². The lowest BCUT2D eigenvalue weighted by Crippen LogP contribution is -2.08. The smallest absolute Gasteiger partial charge is 0.159 e. The van der Waals surface area contributed by atoms with Gasteiger partial charge in [0.1, 0.15) is 29.4 Å². The highest BCUT2D eigenvalue weighted by molar-refractivity contribution is 5.77. The molecule has 26 heavy (non-hydrogen) atoms. The molecule has 0 aliphatic heterocycles. The summed E-state index contributed by atoms with van der Waals surface area (Å²) in [5.74, 6) is -0.00648. The van der Waals surface area contributed by atoms with Gasteiger partial charge in [-0.1, -0.05) is 12.1 Å². The van der Waals surface area contributed by atoms with Crippen LogP contribution in [0.4, 0.5) is 31.8 Å². The van der Waals surface area contributed by atoms with Gasteiger partial charge in [-0.15, -0.1) is 0 Å². The molecule has 0 aliphatic carbocycles. The van der Waals surface area contributed by atoms with Gasteiger partial charge in [0.15, 0.2) is 11.6 Å². The largest absolute Gasteiger partial charge is 0.497 e. The number of nitrogen functional groups attached to an aromatic ring is 1. The van der Waals surface area contributed by atoms with Gasteiger partial charge in [-0.3, -0.25) is 0 Å². The third-order valence-electron chi connectivity index (χ3n) is 3.69. The van der Waals surface area contributed by atoms with E-state index in [1.54, 1.807) is 7.11 Å². The van der Waals surface area contributed by atoms with Crippen LogP contribution in [0.2, 0.25) is 0 Å². The molecular formula is C18H17F2N5O. The van der Waals surface area contributed by atoms with Crippen LogP contribution in [0, 0.1) is 11.6 Å². The third kappa shape index (κ3) is 3.97. The Balaban J connectivity index is 1.73. The highest BCUT2D eigenvalue weighted by atomic mass is 19.1. The van der Waals surface area contributed by atoms with E-state index in [0.29, 0.717) is 12.4 Å². The maximum absolute atomic E-state index is 13.8. The molecule has 0 amide bonds. The molecule has 0 radical (unpaired) electrons. The molecule has 0 aliphatic rings. The number of nitrogens with one attached hydrogen (secondary N) is 2. The highest BCUT2D eigenvalue weighted by Gasteiger charge is 2.11. The lowest BCUT2D eigenvalue weighted by Gasteiger charge is -2.13. The Morgan fingerprint density at radius 2 is 1.77 bits per heavy atom. The summed E-state index contributed by atoms with van der Waals surface area (Å²) in [6, 6.07) is 10.7. The minimum Gasteiger partial charge on any atom is -0.497 e. The van der Waals surface area contributed by atoms with Gasteiger partial charge in [0.2, 0.25) is 0 Å². The van der Waals surface area contributed by atoms with Gasteiger partial charge < -0.3 is 21.1 Å². The summed E-state index contributed by atoms with van der Waals surface area (Å²) in [6.07, 6.45) is 1.30. The van der Waals surface area contributed by atoms with Crippen LogP contribution in [0.1, 0.15) is 5.56 Å². The van der Waals surface area contributed by atoms with Crippen LogP contribution < -0.4 is 21.1 Å². The van der Waals surface area contributed by atoms with Gasteiger partial charge in [-0.05, 0) is 29.8 Å².